The molecule has 0 spiro atoms. The van der Waals surface area contributed by atoms with Gasteiger partial charge in [-0.25, -0.2) is 8.78 Å². The number of piperidine rings is 1. The van der Waals surface area contributed by atoms with E-state index in [0.29, 0.717) is 17.9 Å². The third-order valence-electron chi connectivity index (χ3n) is 4.43. The van der Waals surface area contributed by atoms with Crippen molar-refractivity contribution in [3.05, 3.63) is 59.1 Å². The van der Waals surface area contributed by atoms with Crippen LogP contribution in [0.5, 0.6) is 0 Å². The predicted molar refractivity (Wildman–Crippen MR) is 90.7 cm³/mol. The number of benzene rings is 1. The van der Waals surface area contributed by atoms with Gasteiger partial charge in [-0.1, -0.05) is 29.8 Å². The lowest BCUT2D eigenvalue weighted by Gasteiger charge is -2.31. The second-order valence-electron chi connectivity index (χ2n) is 6.12. The summed E-state index contributed by atoms with van der Waals surface area (Å²) in [6.45, 7) is 5.11. The highest BCUT2D eigenvalue weighted by Crippen LogP contribution is 2.23. The van der Waals surface area contributed by atoms with Crippen molar-refractivity contribution in [3.8, 4) is 0 Å². The van der Waals surface area contributed by atoms with E-state index in [-0.39, 0.29) is 0 Å². The maximum absolute atomic E-state index is 13.7. The molecule has 0 saturated carbocycles. The molecule has 0 aliphatic carbocycles. The van der Waals surface area contributed by atoms with Gasteiger partial charge in [0.25, 0.3) is 0 Å². The third kappa shape index (κ3) is 5.10. The molecule has 1 fully saturated rings. The lowest BCUT2D eigenvalue weighted by molar-refractivity contribution is 0.199. The minimum atomic E-state index is -0.501. The van der Waals surface area contributed by atoms with Gasteiger partial charge < -0.3 is 0 Å². The number of hydrogen-bond donors (Lipinski definition) is 0. The third-order valence-corrected chi connectivity index (χ3v) is 4.43. The van der Waals surface area contributed by atoms with Crippen LogP contribution in [0.25, 0.3) is 0 Å². The smallest absolute Gasteiger partial charge is 0.138 e. The minimum absolute atomic E-state index is 0.410. The lowest BCUT2D eigenvalue weighted by Crippen LogP contribution is -2.34. The zero-order valence-electron chi connectivity index (χ0n) is 13.5. The fourth-order valence-electron chi connectivity index (χ4n) is 2.86. The van der Waals surface area contributed by atoms with E-state index in [9.17, 15) is 8.78 Å². The van der Waals surface area contributed by atoms with Crippen LogP contribution in [0.4, 0.5) is 8.78 Å². The first-order chi connectivity index (χ1) is 10.6. The second kappa shape index (κ2) is 8.28. The molecule has 0 aromatic heterocycles. The average Bonchev–Trinajstić information content (AvgIpc) is 2.51. The SMILES string of the molecule is BC(/C=C\CN1CCC(Cc2ccc(F)cc2F)CC1)=C/C. The van der Waals surface area contributed by atoms with Crippen molar-refractivity contribution < 1.29 is 8.78 Å². The Hall–Kier alpha value is -1.42. The first-order valence-electron chi connectivity index (χ1n) is 8.04. The molecule has 1 heterocycles. The number of likely N-dealkylation sites (tertiary alicyclic amines) is 1. The van der Waals surface area contributed by atoms with Crippen LogP contribution >= 0.6 is 0 Å². The first kappa shape index (κ1) is 16.9. The van der Waals surface area contributed by atoms with E-state index in [0.717, 1.165) is 38.5 Å². The molecule has 1 aromatic carbocycles. The Bertz CT molecular complexity index is 546. The van der Waals surface area contributed by atoms with Gasteiger partial charge >= 0.3 is 0 Å². The van der Waals surface area contributed by atoms with Gasteiger partial charge in [0, 0.05) is 12.6 Å². The summed E-state index contributed by atoms with van der Waals surface area (Å²) in [5.41, 5.74) is 1.92. The normalized spacial score (nSPS) is 18.2. The summed E-state index contributed by atoms with van der Waals surface area (Å²) in [6, 6.07) is 3.92. The maximum Gasteiger partial charge on any atom is 0.138 e. The highest BCUT2D eigenvalue weighted by atomic mass is 19.1. The Kier molecular flexibility index (Phi) is 6.38. The van der Waals surface area contributed by atoms with E-state index in [1.165, 1.54) is 11.5 Å². The van der Waals surface area contributed by atoms with E-state index in [1.54, 1.807) is 6.07 Å². The molecule has 118 valence electrons. The van der Waals surface area contributed by atoms with E-state index in [1.807, 2.05) is 6.92 Å². The Balaban J connectivity index is 1.78. The van der Waals surface area contributed by atoms with Crippen molar-refractivity contribution >= 4 is 7.85 Å². The van der Waals surface area contributed by atoms with Crippen LogP contribution < -0.4 is 0 Å². The Morgan fingerprint density at radius 2 is 2.05 bits per heavy atom. The summed E-state index contributed by atoms with van der Waals surface area (Å²) < 4.78 is 26.6. The maximum atomic E-state index is 13.7. The molecule has 0 unspecified atom stereocenters. The molecule has 1 nitrogen and oxygen atoms in total. The molecular weight excluding hydrogens is 279 g/mol. The largest absolute Gasteiger partial charge is 0.300 e. The molecule has 1 aliphatic heterocycles. The van der Waals surface area contributed by atoms with Crippen LogP contribution in [-0.4, -0.2) is 32.4 Å². The van der Waals surface area contributed by atoms with Crippen LogP contribution in [0.3, 0.4) is 0 Å². The zero-order valence-corrected chi connectivity index (χ0v) is 13.5. The number of halogens is 2. The Morgan fingerprint density at radius 3 is 2.68 bits per heavy atom. The summed E-state index contributed by atoms with van der Waals surface area (Å²) in [4.78, 5) is 2.43. The molecule has 0 amide bonds. The van der Waals surface area contributed by atoms with Gasteiger partial charge in [0.1, 0.15) is 19.5 Å². The van der Waals surface area contributed by atoms with Crippen LogP contribution in [0.1, 0.15) is 25.3 Å². The minimum Gasteiger partial charge on any atom is -0.300 e. The summed E-state index contributed by atoms with van der Waals surface area (Å²) in [6.07, 6.45) is 9.32. The van der Waals surface area contributed by atoms with Crippen molar-refractivity contribution in [1.82, 2.24) is 4.90 Å². The topological polar surface area (TPSA) is 3.24 Å². The van der Waals surface area contributed by atoms with Gasteiger partial charge in [0.2, 0.25) is 0 Å². The number of rotatable bonds is 5. The Labute approximate surface area is 133 Å². The summed E-state index contributed by atoms with van der Waals surface area (Å²) in [5.74, 6) is -0.413. The molecule has 0 bridgehead atoms. The lowest BCUT2D eigenvalue weighted by atomic mass is 9.90. The van der Waals surface area contributed by atoms with E-state index >= 15 is 0 Å². The molecule has 1 saturated heterocycles. The van der Waals surface area contributed by atoms with Crippen molar-refractivity contribution in [2.24, 2.45) is 5.92 Å². The summed E-state index contributed by atoms with van der Waals surface area (Å²) >= 11 is 0. The fourth-order valence-corrected chi connectivity index (χ4v) is 2.86. The highest BCUT2D eigenvalue weighted by Gasteiger charge is 2.19. The molecule has 1 aliphatic rings. The molecule has 0 N–H and O–H groups in total. The average molecular weight is 303 g/mol. The molecule has 1 aromatic rings. The first-order valence-corrected chi connectivity index (χ1v) is 8.04. The monoisotopic (exact) mass is 303 g/mol. The van der Waals surface area contributed by atoms with Crippen LogP contribution in [0, 0.1) is 17.6 Å². The van der Waals surface area contributed by atoms with Crippen LogP contribution in [-0.2, 0) is 6.42 Å². The molecule has 0 atom stereocenters. The van der Waals surface area contributed by atoms with Gasteiger partial charge in [-0.2, -0.15) is 0 Å². The summed E-state index contributed by atoms with van der Waals surface area (Å²) in [7, 11) is 2.10. The number of allylic oxidation sites excluding steroid dienone is 3. The predicted octanol–water partition coefficient (Wildman–Crippen LogP) is 3.31. The Morgan fingerprint density at radius 1 is 1.32 bits per heavy atom. The van der Waals surface area contributed by atoms with Gasteiger partial charge in [-0.05, 0) is 56.8 Å². The quantitative estimate of drug-likeness (QED) is 0.596. The van der Waals surface area contributed by atoms with Crippen molar-refractivity contribution in [2.45, 2.75) is 26.2 Å². The molecule has 0 radical (unpaired) electrons. The van der Waals surface area contributed by atoms with E-state index in [4.69, 9.17) is 0 Å². The molecule has 4 heteroatoms. The van der Waals surface area contributed by atoms with Crippen LogP contribution in [0.2, 0.25) is 0 Å². The van der Waals surface area contributed by atoms with Crippen molar-refractivity contribution in [3.63, 3.8) is 0 Å². The fraction of sp³-hybridized carbons (Fsp3) is 0.444. The summed E-state index contributed by atoms with van der Waals surface area (Å²) in [5, 5.41) is 0. The van der Waals surface area contributed by atoms with Crippen molar-refractivity contribution in [2.75, 3.05) is 19.6 Å². The standard InChI is InChI=1S/C18H24BF2N/c1-2-16(19)4-3-9-22-10-7-14(8-11-22)12-15-5-6-17(20)13-18(15)21/h2-6,13-14H,7-12,19H2,1H3/b4-3-,16-2+. The molecule has 2 rings (SSSR count). The molecule has 22 heavy (non-hydrogen) atoms. The van der Waals surface area contributed by atoms with Gasteiger partial charge in [-0.3, -0.25) is 4.90 Å². The van der Waals surface area contributed by atoms with E-state index < -0.39 is 11.6 Å². The van der Waals surface area contributed by atoms with Gasteiger partial charge in [-0.15, -0.1) is 0 Å². The van der Waals surface area contributed by atoms with E-state index in [2.05, 4.69) is 31.0 Å². The highest BCUT2D eigenvalue weighted by molar-refractivity contribution is 6.23. The van der Waals surface area contributed by atoms with Gasteiger partial charge in [0.15, 0.2) is 0 Å². The number of hydrogen-bond acceptors (Lipinski definition) is 1. The molecular formula is C18H24BF2N. The zero-order chi connectivity index (χ0) is 15.9. The van der Waals surface area contributed by atoms with Crippen molar-refractivity contribution in [1.29, 1.82) is 0 Å². The second-order valence-corrected chi connectivity index (χ2v) is 6.12. The van der Waals surface area contributed by atoms with Crippen LogP contribution in [0.15, 0.2) is 41.9 Å². The van der Waals surface area contributed by atoms with Gasteiger partial charge in [0.05, 0.1) is 0 Å². The number of nitrogens with zero attached hydrogens (tertiary/aromatic N) is 1.